The van der Waals surface area contributed by atoms with E-state index in [-0.39, 0.29) is 12.5 Å². The van der Waals surface area contributed by atoms with Gasteiger partial charge in [0.25, 0.3) is 5.91 Å². The zero-order valence-corrected chi connectivity index (χ0v) is 13.3. The van der Waals surface area contributed by atoms with Crippen LogP contribution < -0.4 is 5.32 Å². The van der Waals surface area contributed by atoms with Crippen LogP contribution in [-0.2, 0) is 0 Å². The minimum Gasteiger partial charge on any atom is -0.387 e. The number of carbonyl (C=O) groups is 1. The lowest BCUT2D eigenvalue weighted by molar-refractivity contribution is 0.0916. The summed E-state index contributed by atoms with van der Waals surface area (Å²) in [4.78, 5) is 12.1. The van der Waals surface area contributed by atoms with Gasteiger partial charge in [-0.2, -0.15) is 11.3 Å². The molecule has 3 rings (SSSR count). The Kier molecular flexibility index (Phi) is 4.86. The molecule has 1 amide bonds. The molecule has 3 nitrogen and oxygen atoms in total. The number of thiophene rings is 1. The number of carbonyl (C=O) groups excluding carboxylic acids is 1. The van der Waals surface area contributed by atoms with Crippen molar-refractivity contribution in [2.75, 3.05) is 6.54 Å². The van der Waals surface area contributed by atoms with E-state index in [1.807, 2.05) is 59.3 Å². The first-order valence-electron chi connectivity index (χ1n) is 7.38. The lowest BCUT2D eigenvalue weighted by atomic mass is 10.0. The Morgan fingerprint density at radius 1 is 1.00 bits per heavy atom. The number of rotatable bonds is 5. The van der Waals surface area contributed by atoms with E-state index in [4.69, 9.17) is 0 Å². The van der Waals surface area contributed by atoms with Crippen molar-refractivity contribution in [3.05, 3.63) is 82.6 Å². The van der Waals surface area contributed by atoms with Crippen molar-refractivity contribution in [1.29, 1.82) is 0 Å². The highest BCUT2D eigenvalue weighted by molar-refractivity contribution is 7.07. The van der Waals surface area contributed by atoms with Crippen LogP contribution in [0.25, 0.3) is 11.1 Å². The van der Waals surface area contributed by atoms with Crippen LogP contribution in [0.2, 0.25) is 0 Å². The van der Waals surface area contributed by atoms with Gasteiger partial charge in [0.2, 0.25) is 0 Å². The standard InChI is InChI=1S/C19H17NO2S/c21-18(17-10-11-23-13-17)12-20-19(22)16-8-6-15(7-9-16)14-4-2-1-3-5-14/h1-11,13,18,21H,12H2,(H,20,22). The second kappa shape index (κ2) is 7.22. The van der Waals surface area contributed by atoms with Crippen molar-refractivity contribution >= 4 is 17.2 Å². The summed E-state index contributed by atoms with van der Waals surface area (Å²) in [5, 5.41) is 16.5. The molecule has 23 heavy (non-hydrogen) atoms. The molecule has 0 bridgehead atoms. The predicted molar refractivity (Wildman–Crippen MR) is 93.5 cm³/mol. The van der Waals surface area contributed by atoms with Gasteiger partial charge in [0.1, 0.15) is 0 Å². The quantitative estimate of drug-likeness (QED) is 0.748. The Hall–Kier alpha value is -2.43. The molecular weight excluding hydrogens is 306 g/mol. The molecule has 1 aromatic heterocycles. The van der Waals surface area contributed by atoms with E-state index in [0.29, 0.717) is 5.56 Å². The van der Waals surface area contributed by atoms with Crippen molar-refractivity contribution in [1.82, 2.24) is 5.32 Å². The van der Waals surface area contributed by atoms with Crippen molar-refractivity contribution in [3.8, 4) is 11.1 Å². The van der Waals surface area contributed by atoms with E-state index in [1.54, 1.807) is 12.1 Å². The van der Waals surface area contributed by atoms with Gasteiger partial charge in [-0.05, 0) is 45.6 Å². The minimum atomic E-state index is -0.672. The highest BCUT2D eigenvalue weighted by atomic mass is 32.1. The molecule has 3 aromatic rings. The SMILES string of the molecule is O=C(NCC(O)c1ccsc1)c1ccc(-c2ccccc2)cc1. The zero-order chi connectivity index (χ0) is 16.1. The fraction of sp³-hybridized carbons (Fsp3) is 0.105. The third kappa shape index (κ3) is 3.86. The fourth-order valence-electron chi connectivity index (χ4n) is 2.32. The van der Waals surface area contributed by atoms with Gasteiger partial charge in [0.15, 0.2) is 0 Å². The van der Waals surface area contributed by atoms with Crippen LogP contribution >= 0.6 is 11.3 Å². The molecule has 0 aliphatic rings. The van der Waals surface area contributed by atoms with Gasteiger partial charge in [-0.3, -0.25) is 4.79 Å². The zero-order valence-electron chi connectivity index (χ0n) is 12.5. The molecule has 4 heteroatoms. The maximum Gasteiger partial charge on any atom is 0.251 e. The Labute approximate surface area is 139 Å². The Bertz CT molecular complexity index is 752. The van der Waals surface area contributed by atoms with Crippen LogP contribution in [0.5, 0.6) is 0 Å². The van der Waals surface area contributed by atoms with E-state index in [9.17, 15) is 9.90 Å². The van der Waals surface area contributed by atoms with Crippen LogP contribution in [0.3, 0.4) is 0 Å². The van der Waals surface area contributed by atoms with Crippen LogP contribution in [-0.4, -0.2) is 17.6 Å². The van der Waals surface area contributed by atoms with Crippen molar-refractivity contribution in [2.45, 2.75) is 6.10 Å². The molecule has 0 saturated carbocycles. The number of amides is 1. The monoisotopic (exact) mass is 323 g/mol. The van der Waals surface area contributed by atoms with Gasteiger partial charge >= 0.3 is 0 Å². The average Bonchev–Trinajstić information content (AvgIpc) is 3.15. The lowest BCUT2D eigenvalue weighted by Crippen LogP contribution is -2.28. The van der Waals surface area contributed by atoms with Crippen LogP contribution in [0, 0.1) is 0 Å². The third-order valence-electron chi connectivity index (χ3n) is 3.64. The fourth-order valence-corrected chi connectivity index (χ4v) is 3.03. The minimum absolute atomic E-state index is 0.182. The first-order valence-corrected chi connectivity index (χ1v) is 8.32. The maximum absolute atomic E-state index is 12.1. The topological polar surface area (TPSA) is 49.3 Å². The van der Waals surface area contributed by atoms with Gasteiger partial charge in [0, 0.05) is 12.1 Å². The molecule has 1 heterocycles. The number of aliphatic hydroxyl groups excluding tert-OH is 1. The summed E-state index contributed by atoms with van der Waals surface area (Å²) in [6.45, 7) is 0.204. The summed E-state index contributed by atoms with van der Waals surface area (Å²) in [5.41, 5.74) is 3.60. The van der Waals surface area contributed by atoms with Gasteiger partial charge in [-0.1, -0.05) is 42.5 Å². The summed E-state index contributed by atoms with van der Waals surface area (Å²) in [5.74, 6) is -0.182. The summed E-state index contributed by atoms with van der Waals surface area (Å²) < 4.78 is 0. The normalized spacial score (nSPS) is 11.9. The van der Waals surface area contributed by atoms with Gasteiger partial charge in [-0.15, -0.1) is 0 Å². The molecule has 116 valence electrons. The number of aliphatic hydroxyl groups is 1. The van der Waals surface area contributed by atoms with Gasteiger partial charge in [-0.25, -0.2) is 0 Å². The van der Waals surface area contributed by atoms with Crippen LogP contribution in [0.4, 0.5) is 0 Å². The average molecular weight is 323 g/mol. The molecular formula is C19H17NO2S. The Morgan fingerprint density at radius 3 is 2.35 bits per heavy atom. The highest BCUT2D eigenvalue weighted by Gasteiger charge is 2.11. The molecule has 0 fully saturated rings. The van der Waals surface area contributed by atoms with Crippen LogP contribution in [0.1, 0.15) is 22.0 Å². The van der Waals surface area contributed by atoms with Crippen molar-refractivity contribution in [2.24, 2.45) is 0 Å². The second-order valence-corrected chi connectivity index (χ2v) is 6.01. The van der Waals surface area contributed by atoms with E-state index in [0.717, 1.165) is 16.7 Å². The van der Waals surface area contributed by atoms with E-state index in [1.165, 1.54) is 11.3 Å². The molecule has 0 saturated heterocycles. The first-order chi connectivity index (χ1) is 11.2. The predicted octanol–water partition coefficient (Wildman–Crippen LogP) is 3.88. The Morgan fingerprint density at radius 2 is 1.70 bits per heavy atom. The largest absolute Gasteiger partial charge is 0.387 e. The van der Waals surface area contributed by atoms with Crippen molar-refractivity contribution < 1.29 is 9.90 Å². The van der Waals surface area contributed by atoms with E-state index < -0.39 is 6.10 Å². The summed E-state index contributed by atoms with van der Waals surface area (Å²) in [7, 11) is 0. The van der Waals surface area contributed by atoms with Gasteiger partial charge in [0.05, 0.1) is 6.10 Å². The summed E-state index contributed by atoms with van der Waals surface area (Å²) in [6.07, 6.45) is -0.672. The third-order valence-corrected chi connectivity index (χ3v) is 4.34. The molecule has 1 unspecified atom stereocenters. The van der Waals surface area contributed by atoms with Gasteiger partial charge < -0.3 is 10.4 Å². The highest BCUT2D eigenvalue weighted by Crippen LogP contribution is 2.19. The Balaban J connectivity index is 1.62. The molecule has 1 atom stereocenters. The van der Waals surface area contributed by atoms with Crippen LogP contribution in [0.15, 0.2) is 71.4 Å². The van der Waals surface area contributed by atoms with E-state index >= 15 is 0 Å². The summed E-state index contributed by atoms with van der Waals surface area (Å²) in [6, 6.07) is 19.3. The number of hydrogen-bond donors (Lipinski definition) is 2. The molecule has 0 spiro atoms. The first kappa shape index (κ1) is 15.5. The van der Waals surface area contributed by atoms with E-state index in [2.05, 4.69) is 5.32 Å². The summed E-state index contributed by atoms with van der Waals surface area (Å²) >= 11 is 1.53. The number of hydrogen-bond acceptors (Lipinski definition) is 3. The molecule has 0 radical (unpaired) electrons. The lowest BCUT2D eigenvalue weighted by Gasteiger charge is -2.11. The molecule has 2 aromatic carbocycles. The second-order valence-electron chi connectivity index (χ2n) is 5.23. The molecule has 0 aliphatic heterocycles. The molecule has 2 N–H and O–H groups in total. The number of nitrogens with one attached hydrogen (secondary N) is 1. The molecule has 0 aliphatic carbocycles. The van der Waals surface area contributed by atoms with Crippen molar-refractivity contribution in [3.63, 3.8) is 0 Å². The smallest absolute Gasteiger partial charge is 0.251 e. The number of benzene rings is 2. The maximum atomic E-state index is 12.1.